The number of carbonyl (C=O) groups is 12. The van der Waals surface area contributed by atoms with Crippen LogP contribution in [0.4, 0.5) is 11.9 Å². The first-order chi connectivity index (χ1) is 64.2. The normalized spacial score (nSPS) is 14.6. The first kappa shape index (κ1) is 106. The topological polar surface area (TPSA) is 655 Å². The number of carboxylic acid groups (broad SMARTS) is 4. The number of Topliss-reactive ketones (excluding diaryl/α,β-unsaturated/α-hetero) is 1. The number of nitrogens with zero attached hydrogens (tertiary/aromatic N) is 8. The van der Waals surface area contributed by atoms with E-state index in [1.807, 2.05) is 0 Å². The molecule has 1 aliphatic rings. The van der Waals surface area contributed by atoms with Crippen molar-refractivity contribution in [1.29, 1.82) is 0 Å². The number of benzene rings is 4. The number of anilines is 2. The number of hydrogen-bond donors (Lipinski definition) is 18. The quantitative estimate of drug-likeness (QED) is 0.0167. The second-order valence-electron chi connectivity index (χ2n) is 33.2. The predicted octanol–water partition coefficient (Wildman–Crippen LogP) is -0.615. The molecule has 0 bridgehead atoms. The summed E-state index contributed by atoms with van der Waals surface area (Å²) in [7, 11) is -14.1. The molecule has 18 N–H and O–H groups in total. The van der Waals surface area contributed by atoms with Crippen molar-refractivity contribution in [3.63, 3.8) is 0 Å². The summed E-state index contributed by atoms with van der Waals surface area (Å²) in [6.07, 6.45) is 7.23. The lowest BCUT2D eigenvalue weighted by atomic mass is 10.1. The summed E-state index contributed by atoms with van der Waals surface area (Å²) in [5.41, 5.74) is 2.41. The van der Waals surface area contributed by atoms with E-state index in [4.69, 9.17) is 0 Å². The largest absolute Gasteiger partial charge is 0.480 e. The summed E-state index contributed by atoms with van der Waals surface area (Å²) in [5.74, 6) is -13.8. The van der Waals surface area contributed by atoms with Crippen molar-refractivity contribution >= 4 is 135 Å². The van der Waals surface area contributed by atoms with Crippen LogP contribution in [0.15, 0.2) is 117 Å². The summed E-state index contributed by atoms with van der Waals surface area (Å²) >= 11 is 0. The molecule has 0 aliphatic carbocycles. The van der Waals surface area contributed by atoms with Crippen molar-refractivity contribution in [3.05, 3.63) is 174 Å². The number of nitrogens with one attached hydrogen (secondary N) is 13. The summed E-state index contributed by atoms with van der Waals surface area (Å²) in [6, 6.07) is 7.24. The minimum atomic E-state index is -5.21. The Labute approximate surface area is 782 Å². The number of hydrogen-bond acceptors (Lipinski definition) is 28. The number of aliphatic carboxylic acids is 4. The van der Waals surface area contributed by atoms with Gasteiger partial charge in [0.05, 0.1) is 53.0 Å². The average molecular weight is 1950 g/mol. The van der Waals surface area contributed by atoms with Gasteiger partial charge in [-0.25, -0.2) is 26.8 Å². The van der Waals surface area contributed by atoms with Gasteiger partial charge >= 0.3 is 23.9 Å². The molecule has 4 aromatic carbocycles. The van der Waals surface area contributed by atoms with Gasteiger partial charge in [-0.3, -0.25) is 91.3 Å². The van der Waals surface area contributed by atoms with E-state index in [1.165, 1.54) is 61.1 Å². The third-order valence-corrected chi connectivity index (χ3v) is 26.6. The fraction of sp³-hybridized carbons (Fsp3) is 0.448. The highest BCUT2D eigenvalue weighted by molar-refractivity contribution is 7.90. The molecule has 1 fully saturated rings. The van der Waals surface area contributed by atoms with Crippen LogP contribution < -0.4 is 68.2 Å². The van der Waals surface area contributed by atoms with Crippen LogP contribution in [0.3, 0.4) is 0 Å². The van der Waals surface area contributed by atoms with Gasteiger partial charge < -0.3 is 87.4 Å². The van der Waals surface area contributed by atoms with Gasteiger partial charge in [0.15, 0.2) is 11.9 Å². The number of amides is 7. The zero-order valence-electron chi connectivity index (χ0n) is 76.2. The molecule has 7 amide bonds. The first-order valence-electron chi connectivity index (χ1n) is 43.5. The number of aromatic amines is 2. The molecule has 5 heterocycles. The Balaban J connectivity index is 0.927. The third kappa shape index (κ3) is 31.4. The highest BCUT2D eigenvalue weighted by Gasteiger charge is 2.35. The molecule has 736 valence electrons. The summed E-state index contributed by atoms with van der Waals surface area (Å²) in [4.78, 5) is 211. The molecule has 4 aromatic heterocycles. The molecule has 5 atom stereocenters. The van der Waals surface area contributed by atoms with Gasteiger partial charge in [0.25, 0.3) is 21.9 Å². The van der Waals surface area contributed by atoms with Crippen molar-refractivity contribution in [2.45, 2.75) is 154 Å². The van der Waals surface area contributed by atoms with E-state index in [1.54, 1.807) is 114 Å². The van der Waals surface area contributed by atoms with Crippen molar-refractivity contribution < 1.29 is 108 Å². The number of aromatic nitrogens is 6. The fourth-order valence-corrected chi connectivity index (χ4v) is 19.8. The number of aryl methyl sites for hydroxylation is 8. The number of carboxylic acids is 4. The first-order valence-corrected chi connectivity index (χ1v) is 48.1. The van der Waals surface area contributed by atoms with E-state index < -0.39 is 211 Å². The van der Waals surface area contributed by atoms with Crippen LogP contribution in [0.1, 0.15) is 111 Å². The highest BCUT2D eigenvalue weighted by Crippen LogP contribution is 2.26. The SMILES string of the molecule is CC[C@H](NC(=O)CC[C@H](NC(=O)CN1CCN(CC(=O)O)CCN(CC(=O)O)CCN(CC(=O)O)CC1)C(=O)N[C@@H](CS(=O)(=O)O)C(=O)NCCCn1cc(C(=O)NCC(NS(=O)(=O)c2c(C)cc(C)cc2C)C(C)=O)c(=O)c2ccc(CNc3ncc[nH]3)cc21)C(=O)NCCCn1cc(C(=O)NCC(NS(=O)(=O)c2c(C)cc(C)cc2C)C(=O)O)c(=O)c2ccc(CNc3ncc[nH]3)cc21. The van der Waals surface area contributed by atoms with E-state index in [0.717, 1.165) is 18.1 Å². The Hall–Kier alpha value is -13.3. The van der Waals surface area contributed by atoms with Gasteiger partial charge in [0.1, 0.15) is 46.8 Å². The molecular weight excluding hydrogens is 1840 g/mol. The lowest BCUT2D eigenvalue weighted by Crippen LogP contribution is -2.57. The smallest absolute Gasteiger partial charge is 0.323 e. The van der Waals surface area contributed by atoms with Crippen LogP contribution >= 0.6 is 0 Å². The monoisotopic (exact) mass is 1950 g/mol. The van der Waals surface area contributed by atoms with Crippen molar-refractivity contribution in [1.82, 2.24) is 95.3 Å². The molecule has 0 radical (unpaired) electrons. The van der Waals surface area contributed by atoms with Crippen LogP contribution in [0.25, 0.3) is 21.8 Å². The molecule has 0 saturated carbocycles. The number of pyridine rings is 2. The summed E-state index contributed by atoms with van der Waals surface area (Å²) in [5, 5.41) is 63.5. The number of fused-ring (bicyclic) bond motifs is 2. The molecule has 8 aromatic rings. The maximum Gasteiger partial charge on any atom is 0.323 e. The van der Waals surface area contributed by atoms with Crippen LogP contribution in [-0.4, -0.2) is 311 Å². The molecule has 136 heavy (non-hydrogen) atoms. The van der Waals surface area contributed by atoms with Crippen LogP contribution in [0, 0.1) is 41.5 Å². The van der Waals surface area contributed by atoms with Crippen molar-refractivity contribution in [2.75, 3.05) is 121 Å². The Bertz CT molecular complexity index is 6160. The number of H-pyrrole nitrogens is 2. The molecule has 49 heteroatoms. The van der Waals surface area contributed by atoms with Gasteiger partial charge in [0, 0.05) is 159 Å². The van der Waals surface area contributed by atoms with Gasteiger partial charge in [-0.2, -0.15) is 17.9 Å². The molecule has 0 spiro atoms. The second kappa shape index (κ2) is 48.8. The van der Waals surface area contributed by atoms with Gasteiger partial charge in [-0.05, 0) is 132 Å². The Morgan fingerprint density at radius 1 is 0.471 bits per heavy atom. The van der Waals surface area contributed by atoms with E-state index in [0.29, 0.717) is 50.8 Å². The minimum Gasteiger partial charge on any atom is -0.480 e. The molecule has 1 saturated heterocycles. The molecule has 46 nitrogen and oxygen atoms in total. The molecule has 2 unspecified atom stereocenters. The van der Waals surface area contributed by atoms with E-state index >= 15 is 0 Å². The molecule has 1 aliphatic heterocycles. The average Bonchev–Trinajstić information content (AvgIpc) is 0.795. The Morgan fingerprint density at radius 3 is 1.24 bits per heavy atom. The van der Waals surface area contributed by atoms with Gasteiger partial charge in [-0.1, -0.05) is 54.4 Å². The molecular formula is C87H115N21O25S3. The lowest BCUT2D eigenvalue weighted by molar-refractivity contribution is -0.140. The number of imidazole rings is 2. The number of carbonyl (C=O) groups excluding carboxylic acids is 8. The zero-order valence-corrected chi connectivity index (χ0v) is 78.7. The Morgan fingerprint density at radius 2 is 0.860 bits per heavy atom. The summed E-state index contributed by atoms with van der Waals surface area (Å²) in [6.45, 7) is 8.45. The number of ketones is 1. The standard InChI is InChI=1S/C87H115N21O25S3/c1-9-64(82(122)88-18-10-24-107-45-63(77(119)61-15-13-59(39-70(61)107)41-97-87-92-22-23-93-87)81(121)95-43-67(85(125)126)102-136(132,133)79-55(6)36-52(3)37-56(79)7)98-71(110)17-16-65(99-72(111)46-103-26-28-104(47-73(112)113)30-32-106(49-75(116)117)33-31-105(29-27-103)48-74(114)115)84(124)100-68(50-134(127,128)129)83(123)89-19-11-25-108-44-62(76(118)60-14-12-58(38-69(60)108)40-96-86-90-20-21-91-86)80(120)94-42-66(57(8)109)101-135(130,131)78-53(4)34-51(2)35-54(78)5/h12-15,20-23,34-39,44-45,64-68,101-102H,9-11,16-19,24-33,40-43,46-50H2,1-8H3,(H,88,122)(H,89,123)(H,94,120)(H,95,121)(H,98,110)(H,99,111)(H,100,124)(H,112,113)(H,114,115)(H,116,117)(H,125,126)(H2,90,91,96)(H2,92,93,97)(H,127,128,129)/t64-,65-,66?,67?,68-/m0/s1. The maximum atomic E-state index is 14.9. The molecule has 9 rings (SSSR count). The second-order valence-corrected chi connectivity index (χ2v) is 38.0. The lowest BCUT2D eigenvalue weighted by Gasteiger charge is -2.33. The van der Waals surface area contributed by atoms with E-state index in [-0.39, 0.29) is 137 Å². The minimum absolute atomic E-state index is 0.00660. The van der Waals surface area contributed by atoms with E-state index in [9.17, 15) is 117 Å². The van der Waals surface area contributed by atoms with Gasteiger partial charge in [0.2, 0.25) is 60.4 Å². The zero-order chi connectivity index (χ0) is 99.6. The Kier molecular flexibility index (Phi) is 38.2. The number of rotatable bonds is 48. The van der Waals surface area contributed by atoms with Crippen LogP contribution in [0.2, 0.25) is 0 Å². The summed E-state index contributed by atoms with van der Waals surface area (Å²) < 4.78 is 98.6. The van der Waals surface area contributed by atoms with Crippen LogP contribution in [-0.2, 0) is 104 Å². The number of sulfonamides is 2. The van der Waals surface area contributed by atoms with Gasteiger partial charge in [-0.15, -0.1) is 0 Å². The predicted molar refractivity (Wildman–Crippen MR) is 496 cm³/mol. The van der Waals surface area contributed by atoms with Crippen molar-refractivity contribution in [3.8, 4) is 0 Å². The van der Waals surface area contributed by atoms with E-state index in [2.05, 4.69) is 77.2 Å². The fourth-order valence-electron chi connectivity index (χ4n) is 15.8. The highest BCUT2D eigenvalue weighted by atomic mass is 32.2. The third-order valence-electron chi connectivity index (χ3n) is 22.3. The van der Waals surface area contributed by atoms with Crippen LogP contribution in [0.5, 0.6) is 0 Å². The van der Waals surface area contributed by atoms with Crippen molar-refractivity contribution in [2.24, 2.45) is 0 Å². The maximum absolute atomic E-state index is 14.9.